The van der Waals surface area contributed by atoms with Crippen molar-refractivity contribution in [3.8, 4) is 11.5 Å². The van der Waals surface area contributed by atoms with Gasteiger partial charge in [0.1, 0.15) is 0 Å². The normalized spacial score (nSPS) is 14.3. The van der Waals surface area contributed by atoms with Gasteiger partial charge in [0, 0.05) is 20.1 Å². The molecule has 0 saturated carbocycles. The van der Waals surface area contributed by atoms with Gasteiger partial charge in [0.2, 0.25) is 6.79 Å². The number of nitrogens with zero attached hydrogens (tertiary/aromatic N) is 1. The van der Waals surface area contributed by atoms with E-state index in [0.29, 0.717) is 19.3 Å². The Balaban J connectivity index is 1.50. The molecule has 0 aromatic heterocycles. The van der Waals surface area contributed by atoms with Gasteiger partial charge in [-0.2, -0.15) is 0 Å². The first-order chi connectivity index (χ1) is 12.2. The number of rotatable bonds is 5. The van der Waals surface area contributed by atoms with Crippen LogP contribution in [0.4, 0.5) is 0 Å². The highest BCUT2D eigenvalue weighted by molar-refractivity contribution is 5.79. The molecule has 0 amide bonds. The molecule has 2 aromatic carbocycles. The van der Waals surface area contributed by atoms with Crippen molar-refractivity contribution in [2.45, 2.75) is 26.3 Å². The molecule has 0 fully saturated rings. The summed E-state index contributed by atoms with van der Waals surface area (Å²) in [6, 6.07) is 14.6. The van der Waals surface area contributed by atoms with Gasteiger partial charge in [-0.05, 0) is 36.1 Å². The molecule has 1 aliphatic heterocycles. The number of aliphatic imine (C=N–C) groups is 1. The molecule has 1 unspecified atom stereocenters. The number of aryl methyl sites for hydroxylation is 1. The minimum absolute atomic E-state index is 0.298. The van der Waals surface area contributed by atoms with Crippen LogP contribution < -0.4 is 20.1 Å². The van der Waals surface area contributed by atoms with Crippen LogP contribution in [0.1, 0.15) is 29.5 Å². The van der Waals surface area contributed by atoms with E-state index in [1.54, 1.807) is 7.05 Å². The molecule has 0 spiro atoms. The van der Waals surface area contributed by atoms with Gasteiger partial charge in [-0.3, -0.25) is 4.99 Å². The highest BCUT2D eigenvalue weighted by atomic mass is 16.7. The molecular formula is C20H25N3O2. The Morgan fingerprint density at radius 1 is 1.08 bits per heavy atom. The summed E-state index contributed by atoms with van der Waals surface area (Å²) in [5, 5.41) is 6.72. The second-order valence-corrected chi connectivity index (χ2v) is 6.31. The van der Waals surface area contributed by atoms with Crippen LogP contribution in [0.2, 0.25) is 0 Å². The van der Waals surface area contributed by atoms with Crippen molar-refractivity contribution in [2.75, 3.05) is 20.4 Å². The second kappa shape index (κ2) is 7.92. The van der Waals surface area contributed by atoms with E-state index in [1.807, 2.05) is 18.2 Å². The fourth-order valence-electron chi connectivity index (χ4n) is 2.72. The predicted molar refractivity (Wildman–Crippen MR) is 100 cm³/mol. The smallest absolute Gasteiger partial charge is 0.231 e. The summed E-state index contributed by atoms with van der Waals surface area (Å²) < 4.78 is 10.7. The highest BCUT2D eigenvalue weighted by Gasteiger charge is 2.13. The van der Waals surface area contributed by atoms with E-state index in [4.69, 9.17) is 9.47 Å². The molecule has 0 bridgehead atoms. The van der Waals surface area contributed by atoms with Crippen molar-refractivity contribution < 1.29 is 9.47 Å². The Hall–Kier alpha value is -2.69. The number of hydrogen-bond acceptors (Lipinski definition) is 3. The zero-order chi connectivity index (χ0) is 17.6. The van der Waals surface area contributed by atoms with Crippen molar-refractivity contribution in [3.05, 3.63) is 59.2 Å². The lowest BCUT2D eigenvalue weighted by atomic mass is 10.0. The fraction of sp³-hybridized carbons (Fsp3) is 0.350. The van der Waals surface area contributed by atoms with E-state index in [-0.39, 0.29) is 0 Å². The Morgan fingerprint density at radius 2 is 1.84 bits per heavy atom. The van der Waals surface area contributed by atoms with Gasteiger partial charge in [0.05, 0.1) is 0 Å². The molecule has 2 aromatic rings. The van der Waals surface area contributed by atoms with Gasteiger partial charge < -0.3 is 20.1 Å². The topological polar surface area (TPSA) is 54.9 Å². The molecule has 25 heavy (non-hydrogen) atoms. The molecule has 3 rings (SSSR count). The summed E-state index contributed by atoms with van der Waals surface area (Å²) in [6.45, 7) is 6.11. The third-order valence-corrected chi connectivity index (χ3v) is 4.34. The molecule has 0 saturated heterocycles. The highest BCUT2D eigenvalue weighted by Crippen LogP contribution is 2.32. The quantitative estimate of drug-likeness (QED) is 0.649. The van der Waals surface area contributed by atoms with Crippen molar-refractivity contribution in [3.63, 3.8) is 0 Å². The molecule has 5 nitrogen and oxygen atoms in total. The Morgan fingerprint density at radius 3 is 2.60 bits per heavy atom. The van der Waals surface area contributed by atoms with Crippen LogP contribution in [-0.2, 0) is 6.54 Å². The number of nitrogens with one attached hydrogen (secondary N) is 2. The maximum absolute atomic E-state index is 5.41. The Labute approximate surface area is 149 Å². The number of ether oxygens (including phenoxy) is 2. The standard InChI is InChI=1S/C20H25N3O2/c1-14-4-7-17(8-5-14)15(2)11-22-20(21-3)23-12-16-6-9-18-19(10-16)25-13-24-18/h4-10,15H,11-13H2,1-3H3,(H2,21,22,23). The third-order valence-electron chi connectivity index (χ3n) is 4.34. The minimum atomic E-state index is 0.298. The lowest BCUT2D eigenvalue weighted by Crippen LogP contribution is -2.38. The Kier molecular flexibility index (Phi) is 5.43. The van der Waals surface area contributed by atoms with Crippen LogP contribution in [0.3, 0.4) is 0 Å². The van der Waals surface area contributed by atoms with E-state index in [9.17, 15) is 0 Å². The minimum Gasteiger partial charge on any atom is -0.454 e. The molecule has 132 valence electrons. The van der Waals surface area contributed by atoms with Crippen LogP contribution in [-0.4, -0.2) is 26.3 Å². The van der Waals surface area contributed by atoms with Crippen LogP contribution in [0.5, 0.6) is 11.5 Å². The SMILES string of the molecule is CN=C(NCc1ccc2c(c1)OCO2)NCC(C)c1ccc(C)cc1. The molecule has 1 aliphatic rings. The number of guanidine groups is 1. The van der Waals surface area contributed by atoms with Gasteiger partial charge in [-0.15, -0.1) is 0 Å². The van der Waals surface area contributed by atoms with E-state index in [0.717, 1.165) is 29.6 Å². The van der Waals surface area contributed by atoms with Gasteiger partial charge in [0.15, 0.2) is 17.5 Å². The predicted octanol–water partition coefficient (Wildman–Crippen LogP) is 3.19. The van der Waals surface area contributed by atoms with E-state index in [1.165, 1.54) is 11.1 Å². The summed E-state index contributed by atoms with van der Waals surface area (Å²) in [5.41, 5.74) is 3.73. The van der Waals surface area contributed by atoms with Crippen LogP contribution in [0, 0.1) is 6.92 Å². The lowest BCUT2D eigenvalue weighted by molar-refractivity contribution is 0.174. The summed E-state index contributed by atoms with van der Waals surface area (Å²) in [5.74, 6) is 2.80. The molecular weight excluding hydrogens is 314 g/mol. The first-order valence-electron chi connectivity index (χ1n) is 8.55. The molecule has 1 atom stereocenters. The number of fused-ring (bicyclic) bond motifs is 1. The zero-order valence-electron chi connectivity index (χ0n) is 15.0. The van der Waals surface area contributed by atoms with Gasteiger partial charge in [0.25, 0.3) is 0 Å². The average molecular weight is 339 g/mol. The van der Waals surface area contributed by atoms with Crippen molar-refractivity contribution >= 4 is 5.96 Å². The van der Waals surface area contributed by atoms with E-state index < -0.39 is 0 Å². The Bertz CT molecular complexity index is 741. The molecule has 0 radical (unpaired) electrons. The molecule has 0 aliphatic carbocycles. The molecule has 5 heteroatoms. The second-order valence-electron chi connectivity index (χ2n) is 6.31. The van der Waals surface area contributed by atoms with E-state index in [2.05, 4.69) is 53.7 Å². The number of benzene rings is 2. The van der Waals surface area contributed by atoms with Gasteiger partial charge in [-0.1, -0.05) is 42.8 Å². The van der Waals surface area contributed by atoms with Crippen LogP contribution in [0.15, 0.2) is 47.5 Å². The largest absolute Gasteiger partial charge is 0.454 e. The fourth-order valence-corrected chi connectivity index (χ4v) is 2.72. The summed E-state index contributed by atoms with van der Waals surface area (Å²) in [6.07, 6.45) is 0. The third kappa shape index (κ3) is 4.44. The summed E-state index contributed by atoms with van der Waals surface area (Å²) >= 11 is 0. The lowest BCUT2D eigenvalue weighted by Gasteiger charge is -2.16. The van der Waals surface area contributed by atoms with Crippen molar-refractivity contribution in [2.24, 2.45) is 4.99 Å². The maximum Gasteiger partial charge on any atom is 0.231 e. The average Bonchev–Trinajstić information content (AvgIpc) is 3.10. The van der Waals surface area contributed by atoms with Crippen LogP contribution in [0.25, 0.3) is 0 Å². The van der Waals surface area contributed by atoms with Gasteiger partial charge >= 0.3 is 0 Å². The zero-order valence-corrected chi connectivity index (χ0v) is 15.0. The van der Waals surface area contributed by atoms with Crippen LogP contribution >= 0.6 is 0 Å². The van der Waals surface area contributed by atoms with Gasteiger partial charge in [-0.25, -0.2) is 0 Å². The van der Waals surface area contributed by atoms with E-state index >= 15 is 0 Å². The molecule has 1 heterocycles. The number of hydrogen-bond donors (Lipinski definition) is 2. The van der Waals surface area contributed by atoms with Crippen molar-refractivity contribution in [1.82, 2.24) is 10.6 Å². The summed E-state index contributed by atoms with van der Waals surface area (Å²) in [7, 11) is 1.78. The first-order valence-corrected chi connectivity index (χ1v) is 8.55. The summed E-state index contributed by atoms with van der Waals surface area (Å²) in [4.78, 5) is 4.29. The maximum atomic E-state index is 5.41. The first kappa shape index (κ1) is 17.1. The van der Waals surface area contributed by atoms with Crippen molar-refractivity contribution in [1.29, 1.82) is 0 Å². The monoisotopic (exact) mass is 339 g/mol. The molecule has 2 N–H and O–H groups in total.